The molecule has 0 radical (unpaired) electrons. The first kappa shape index (κ1) is 22.9. The maximum atomic E-state index is 13.0. The molecular weight excluding hydrogens is 422 g/mol. The molecule has 1 fully saturated rings. The van der Waals surface area contributed by atoms with E-state index < -0.39 is 54.2 Å². The van der Waals surface area contributed by atoms with Crippen molar-refractivity contribution in [2.75, 3.05) is 6.61 Å². The molecule has 0 aliphatic carbocycles. The van der Waals surface area contributed by atoms with Crippen molar-refractivity contribution in [1.29, 1.82) is 0 Å². The number of carboxylic acids is 1. The lowest BCUT2D eigenvalue weighted by Gasteiger charge is -2.27. The van der Waals surface area contributed by atoms with E-state index in [9.17, 15) is 33.9 Å². The number of ether oxygens (including phenoxy) is 1. The Morgan fingerprint density at radius 2 is 2.00 bits per heavy atom. The Balaban J connectivity index is 1.72. The first-order valence-corrected chi connectivity index (χ1v) is 10.2. The SMILES string of the molecule is CCCCC(NC(=O)COc1cccc2c1C(=O)N(C1CCC(=O)NC1=O)C2=O)C(=O)O. The molecule has 0 saturated carbocycles. The van der Waals surface area contributed by atoms with Gasteiger partial charge in [0, 0.05) is 6.42 Å². The van der Waals surface area contributed by atoms with Crippen LogP contribution >= 0.6 is 0 Å². The number of fused-ring (bicyclic) bond motifs is 1. The van der Waals surface area contributed by atoms with Gasteiger partial charge in [0.1, 0.15) is 17.8 Å². The van der Waals surface area contributed by atoms with Gasteiger partial charge in [0.25, 0.3) is 17.7 Å². The van der Waals surface area contributed by atoms with Crippen molar-refractivity contribution in [2.24, 2.45) is 0 Å². The van der Waals surface area contributed by atoms with Gasteiger partial charge < -0.3 is 15.2 Å². The molecule has 32 heavy (non-hydrogen) atoms. The number of benzene rings is 1. The van der Waals surface area contributed by atoms with E-state index in [2.05, 4.69) is 10.6 Å². The van der Waals surface area contributed by atoms with Crippen LogP contribution in [-0.4, -0.2) is 64.2 Å². The van der Waals surface area contributed by atoms with E-state index in [-0.39, 0.29) is 36.1 Å². The highest BCUT2D eigenvalue weighted by atomic mass is 16.5. The minimum absolute atomic E-state index is 0.00385. The Morgan fingerprint density at radius 3 is 2.66 bits per heavy atom. The molecule has 1 aromatic rings. The zero-order chi connectivity index (χ0) is 23.4. The average molecular weight is 445 g/mol. The molecule has 2 aliphatic heterocycles. The molecule has 2 unspecified atom stereocenters. The normalized spacial score (nSPS) is 18.8. The van der Waals surface area contributed by atoms with Gasteiger partial charge in [0.05, 0.1) is 11.1 Å². The number of aliphatic carboxylic acids is 1. The number of carbonyl (C=O) groups is 6. The topological polar surface area (TPSA) is 159 Å². The molecule has 3 N–H and O–H groups in total. The minimum atomic E-state index is -1.16. The van der Waals surface area contributed by atoms with Gasteiger partial charge in [-0.2, -0.15) is 0 Å². The summed E-state index contributed by atoms with van der Waals surface area (Å²) in [4.78, 5) is 73.5. The number of carboxylic acid groups (broad SMARTS) is 1. The number of hydrogen-bond donors (Lipinski definition) is 3. The summed E-state index contributed by atoms with van der Waals surface area (Å²) in [5.41, 5.74) is -0.0697. The lowest BCUT2D eigenvalue weighted by atomic mass is 10.0. The summed E-state index contributed by atoms with van der Waals surface area (Å²) in [5.74, 6) is -4.55. The molecule has 0 spiro atoms. The molecule has 5 amide bonds. The third kappa shape index (κ3) is 4.61. The maximum absolute atomic E-state index is 13.0. The second kappa shape index (κ2) is 9.58. The number of imide groups is 2. The van der Waals surface area contributed by atoms with Crippen molar-refractivity contribution < 1.29 is 38.6 Å². The summed E-state index contributed by atoms with van der Waals surface area (Å²) >= 11 is 0. The van der Waals surface area contributed by atoms with Crippen LogP contribution < -0.4 is 15.4 Å². The zero-order valence-corrected chi connectivity index (χ0v) is 17.4. The van der Waals surface area contributed by atoms with Gasteiger partial charge in [-0.25, -0.2) is 4.79 Å². The third-order valence-corrected chi connectivity index (χ3v) is 5.27. The predicted molar refractivity (Wildman–Crippen MR) is 108 cm³/mol. The quantitative estimate of drug-likeness (QED) is 0.455. The smallest absolute Gasteiger partial charge is 0.326 e. The lowest BCUT2D eigenvalue weighted by molar-refractivity contribution is -0.142. The van der Waals surface area contributed by atoms with Gasteiger partial charge in [-0.3, -0.25) is 34.2 Å². The molecule has 2 atom stereocenters. The van der Waals surface area contributed by atoms with E-state index >= 15 is 0 Å². The summed E-state index contributed by atoms with van der Waals surface area (Å²) in [6, 6.07) is 2.09. The first-order chi connectivity index (χ1) is 15.2. The van der Waals surface area contributed by atoms with Crippen molar-refractivity contribution in [3.8, 4) is 5.75 Å². The Hall–Kier alpha value is -3.76. The number of piperidine rings is 1. The van der Waals surface area contributed by atoms with Gasteiger partial charge in [-0.15, -0.1) is 0 Å². The first-order valence-electron chi connectivity index (χ1n) is 10.2. The van der Waals surface area contributed by atoms with E-state index in [0.717, 1.165) is 11.3 Å². The summed E-state index contributed by atoms with van der Waals surface area (Å²) in [5, 5.41) is 13.7. The van der Waals surface area contributed by atoms with E-state index in [4.69, 9.17) is 4.74 Å². The Bertz CT molecular complexity index is 989. The summed E-state index contributed by atoms with van der Waals surface area (Å²) < 4.78 is 5.43. The number of unbranched alkanes of at least 4 members (excludes halogenated alkanes) is 1. The second-order valence-corrected chi connectivity index (χ2v) is 7.52. The van der Waals surface area contributed by atoms with Gasteiger partial charge in [0.2, 0.25) is 11.8 Å². The molecule has 1 aromatic carbocycles. The van der Waals surface area contributed by atoms with E-state index in [1.165, 1.54) is 18.2 Å². The molecule has 0 aromatic heterocycles. The van der Waals surface area contributed by atoms with E-state index in [1.807, 2.05) is 6.92 Å². The number of nitrogens with one attached hydrogen (secondary N) is 2. The fourth-order valence-electron chi connectivity index (χ4n) is 3.65. The molecule has 0 bridgehead atoms. The van der Waals surface area contributed by atoms with Gasteiger partial charge >= 0.3 is 5.97 Å². The highest BCUT2D eigenvalue weighted by Gasteiger charge is 2.46. The summed E-state index contributed by atoms with van der Waals surface area (Å²) in [7, 11) is 0. The van der Waals surface area contributed by atoms with Crippen molar-refractivity contribution in [2.45, 2.75) is 51.1 Å². The lowest BCUT2D eigenvalue weighted by Crippen LogP contribution is -2.54. The van der Waals surface area contributed by atoms with Crippen LogP contribution in [0.4, 0.5) is 0 Å². The van der Waals surface area contributed by atoms with Crippen LogP contribution in [0.5, 0.6) is 5.75 Å². The van der Waals surface area contributed by atoms with Crippen LogP contribution in [0.2, 0.25) is 0 Å². The number of rotatable bonds is 9. The summed E-state index contributed by atoms with van der Waals surface area (Å²) in [6.07, 6.45) is 1.68. The van der Waals surface area contributed by atoms with Gasteiger partial charge in [-0.05, 0) is 25.0 Å². The van der Waals surface area contributed by atoms with Crippen LogP contribution in [0.3, 0.4) is 0 Å². The predicted octanol–water partition coefficient (Wildman–Crippen LogP) is 0.226. The van der Waals surface area contributed by atoms with Gasteiger partial charge in [-0.1, -0.05) is 25.8 Å². The molecular formula is C21H23N3O8. The number of nitrogens with zero attached hydrogens (tertiary/aromatic N) is 1. The van der Waals surface area contributed by atoms with Crippen LogP contribution in [0, 0.1) is 0 Å². The molecule has 11 heteroatoms. The molecule has 1 saturated heterocycles. The Kier molecular flexibility index (Phi) is 6.86. The second-order valence-electron chi connectivity index (χ2n) is 7.52. The number of carbonyl (C=O) groups excluding carboxylic acids is 5. The maximum Gasteiger partial charge on any atom is 0.326 e. The van der Waals surface area contributed by atoms with Gasteiger partial charge in [0.15, 0.2) is 6.61 Å². The van der Waals surface area contributed by atoms with Crippen molar-refractivity contribution in [3.05, 3.63) is 29.3 Å². The van der Waals surface area contributed by atoms with E-state index in [0.29, 0.717) is 6.42 Å². The Morgan fingerprint density at radius 1 is 1.25 bits per heavy atom. The van der Waals surface area contributed by atoms with Crippen LogP contribution in [-0.2, 0) is 19.2 Å². The van der Waals surface area contributed by atoms with E-state index in [1.54, 1.807) is 0 Å². The summed E-state index contributed by atoms with van der Waals surface area (Å²) in [6.45, 7) is 1.34. The van der Waals surface area contributed by atoms with Crippen LogP contribution in [0.15, 0.2) is 18.2 Å². The largest absolute Gasteiger partial charge is 0.483 e. The molecule has 11 nitrogen and oxygen atoms in total. The van der Waals surface area contributed by atoms with Crippen molar-refractivity contribution in [1.82, 2.24) is 15.5 Å². The van der Waals surface area contributed by atoms with Crippen molar-refractivity contribution >= 4 is 35.5 Å². The average Bonchev–Trinajstić information content (AvgIpc) is 3.00. The number of hydrogen-bond acceptors (Lipinski definition) is 7. The fourth-order valence-corrected chi connectivity index (χ4v) is 3.65. The number of amides is 5. The Labute approximate surface area is 183 Å². The van der Waals surface area contributed by atoms with Crippen LogP contribution in [0.25, 0.3) is 0 Å². The zero-order valence-electron chi connectivity index (χ0n) is 17.4. The molecule has 3 rings (SSSR count). The minimum Gasteiger partial charge on any atom is -0.483 e. The standard InChI is InChI=1S/C21H23N3O8/c1-2-3-6-12(21(30)31)22-16(26)10-32-14-7-4-5-11-17(14)20(29)24(19(11)28)13-8-9-15(25)23-18(13)27/h4-5,7,12-13H,2-3,6,8-10H2,1H3,(H,22,26)(H,30,31)(H,23,25,27). The fraction of sp³-hybridized carbons (Fsp3) is 0.429. The van der Waals surface area contributed by atoms with Crippen LogP contribution in [0.1, 0.15) is 59.7 Å². The molecule has 2 aliphatic rings. The third-order valence-electron chi connectivity index (χ3n) is 5.27. The van der Waals surface area contributed by atoms with Crippen molar-refractivity contribution in [3.63, 3.8) is 0 Å². The molecule has 170 valence electrons. The molecule has 2 heterocycles. The monoisotopic (exact) mass is 445 g/mol. The highest BCUT2D eigenvalue weighted by molar-refractivity contribution is 6.24. The highest BCUT2D eigenvalue weighted by Crippen LogP contribution is 2.33.